The van der Waals surface area contributed by atoms with Crippen LogP contribution in [0.5, 0.6) is 11.5 Å². The van der Waals surface area contributed by atoms with Gasteiger partial charge in [0.1, 0.15) is 17.5 Å². The molecule has 2 aromatic carbocycles. The third-order valence-electron chi connectivity index (χ3n) is 5.41. The predicted octanol–water partition coefficient (Wildman–Crippen LogP) is 4.07. The summed E-state index contributed by atoms with van der Waals surface area (Å²) >= 11 is 6.19. The minimum atomic E-state index is -3.84. The van der Waals surface area contributed by atoms with Crippen molar-refractivity contribution in [3.8, 4) is 11.5 Å². The SMILES string of the molecule is COc1cc(OC)c(NC(=O)C2CCCN2S(=O)(=O)c2c(C)cc(C)cc2C)cc1Cl. The zero-order valence-corrected chi connectivity index (χ0v) is 19.9. The van der Waals surface area contributed by atoms with Crippen molar-refractivity contribution in [1.82, 2.24) is 4.31 Å². The molecule has 0 aliphatic carbocycles. The van der Waals surface area contributed by atoms with Crippen LogP contribution in [0.25, 0.3) is 0 Å². The maximum absolute atomic E-state index is 13.5. The molecule has 2 aromatic rings. The highest BCUT2D eigenvalue weighted by Crippen LogP contribution is 2.37. The number of halogens is 1. The largest absolute Gasteiger partial charge is 0.495 e. The van der Waals surface area contributed by atoms with Crippen LogP contribution in [0.15, 0.2) is 29.2 Å². The number of aryl methyl sites for hydroxylation is 3. The van der Waals surface area contributed by atoms with Gasteiger partial charge in [-0.05, 0) is 50.8 Å². The van der Waals surface area contributed by atoms with Gasteiger partial charge in [0.05, 0.1) is 29.8 Å². The summed E-state index contributed by atoms with van der Waals surface area (Å²) in [7, 11) is -0.895. The van der Waals surface area contributed by atoms with Crippen molar-refractivity contribution in [2.75, 3.05) is 26.1 Å². The zero-order valence-electron chi connectivity index (χ0n) is 18.3. The number of benzene rings is 2. The minimum Gasteiger partial charge on any atom is -0.495 e. The highest BCUT2D eigenvalue weighted by molar-refractivity contribution is 7.89. The molecular weight excluding hydrogens is 440 g/mol. The second kappa shape index (κ2) is 9.06. The summed E-state index contributed by atoms with van der Waals surface area (Å²) in [6.45, 7) is 5.77. The number of hydrogen-bond donors (Lipinski definition) is 1. The molecule has 168 valence electrons. The van der Waals surface area contributed by atoms with Gasteiger partial charge in [-0.3, -0.25) is 4.79 Å². The van der Waals surface area contributed by atoms with E-state index < -0.39 is 22.0 Å². The monoisotopic (exact) mass is 466 g/mol. The second-order valence-corrected chi connectivity index (χ2v) is 9.91. The van der Waals surface area contributed by atoms with E-state index in [2.05, 4.69) is 5.32 Å². The van der Waals surface area contributed by atoms with Gasteiger partial charge in [0.15, 0.2) is 0 Å². The molecule has 0 saturated carbocycles. The van der Waals surface area contributed by atoms with Crippen LogP contribution < -0.4 is 14.8 Å². The molecule has 1 N–H and O–H groups in total. The van der Waals surface area contributed by atoms with Crippen LogP contribution in [0.3, 0.4) is 0 Å². The van der Waals surface area contributed by atoms with E-state index in [9.17, 15) is 13.2 Å². The molecule has 1 amide bonds. The molecule has 31 heavy (non-hydrogen) atoms. The molecule has 0 bridgehead atoms. The van der Waals surface area contributed by atoms with Gasteiger partial charge in [-0.15, -0.1) is 0 Å². The van der Waals surface area contributed by atoms with Crippen LogP contribution in [-0.2, 0) is 14.8 Å². The Hall–Kier alpha value is -2.29. The first kappa shape index (κ1) is 23.4. The average molecular weight is 467 g/mol. The lowest BCUT2D eigenvalue weighted by Crippen LogP contribution is -2.43. The normalized spacial score (nSPS) is 16.9. The fraction of sp³-hybridized carbons (Fsp3) is 0.409. The lowest BCUT2D eigenvalue weighted by Gasteiger charge is -2.25. The Morgan fingerprint density at radius 2 is 1.68 bits per heavy atom. The van der Waals surface area contributed by atoms with E-state index in [1.807, 2.05) is 19.1 Å². The molecule has 0 aromatic heterocycles. The summed E-state index contributed by atoms with van der Waals surface area (Å²) in [6, 6.07) is 5.96. The van der Waals surface area contributed by atoms with Gasteiger partial charge in [0, 0.05) is 12.6 Å². The summed E-state index contributed by atoms with van der Waals surface area (Å²) < 4.78 is 38.8. The fourth-order valence-corrected chi connectivity index (χ4v) is 6.47. The second-order valence-electron chi connectivity index (χ2n) is 7.68. The van der Waals surface area contributed by atoms with Crippen LogP contribution >= 0.6 is 11.6 Å². The predicted molar refractivity (Wildman–Crippen MR) is 121 cm³/mol. The summed E-state index contributed by atoms with van der Waals surface area (Å²) in [4.78, 5) is 13.4. The van der Waals surface area contributed by atoms with Crippen molar-refractivity contribution in [2.45, 2.75) is 44.6 Å². The van der Waals surface area contributed by atoms with Crippen molar-refractivity contribution in [2.24, 2.45) is 0 Å². The van der Waals surface area contributed by atoms with Gasteiger partial charge in [-0.25, -0.2) is 8.42 Å². The number of ether oxygens (including phenoxy) is 2. The number of methoxy groups -OCH3 is 2. The first-order valence-electron chi connectivity index (χ1n) is 9.92. The molecule has 1 unspecified atom stereocenters. The number of rotatable bonds is 6. The highest BCUT2D eigenvalue weighted by atomic mass is 35.5. The summed E-state index contributed by atoms with van der Waals surface area (Å²) in [5, 5.41) is 3.08. The van der Waals surface area contributed by atoms with E-state index in [4.69, 9.17) is 21.1 Å². The molecule has 0 radical (unpaired) electrons. The first-order chi connectivity index (χ1) is 14.6. The lowest BCUT2D eigenvalue weighted by atomic mass is 10.1. The molecule has 1 fully saturated rings. The molecule has 1 heterocycles. The molecule has 7 nitrogen and oxygen atoms in total. The van der Waals surface area contributed by atoms with Gasteiger partial charge in [-0.1, -0.05) is 29.3 Å². The van der Waals surface area contributed by atoms with Gasteiger partial charge in [-0.2, -0.15) is 4.31 Å². The Labute approximate surface area is 188 Å². The number of hydrogen-bond acceptors (Lipinski definition) is 5. The van der Waals surface area contributed by atoms with Crippen LogP contribution in [0.4, 0.5) is 5.69 Å². The van der Waals surface area contributed by atoms with Crippen molar-refractivity contribution in [3.05, 3.63) is 46.0 Å². The van der Waals surface area contributed by atoms with Gasteiger partial charge < -0.3 is 14.8 Å². The summed E-state index contributed by atoms with van der Waals surface area (Å²) in [5.41, 5.74) is 2.69. The van der Waals surface area contributed by atoms with Crippen LogP contribution in [0.1, 0.15) is 29.5 Å². The molecular formula is C22H27ClN2O5S. The van der Waals surface area contributed by atoms with Gasteiger partial charge >= 0.3 is 0 Å². The van der Waals surface area contributed by atoms with Crippen LogP contribution in [0, 0.1) is 20.8 Å². The van der Waals surface area contributed by atoms with Crippen LogP contribution in [-0.4, -0.2) is 45.4 Å². The lowest BCUT2D eigenvalue weighted by molar-refractivity contribution is -0.119. The minimum absolute atomic E-state index is 0.267. The number of nitrogens with zero attached hydrogens (tertiary/aromatic N) is 1. The highest BCUT2D eigenvalue weighted by Gasteiger charge is 2.40. The zero-order chi connectivity index (χ0) is 22.9. The van der Waals surface area contributed by atoms with E-state index in [0.717, 1.165) is 5.56 Å². The van der Waals surface area contributed by atoms with Crippen molar-refractivity contribution < 1.29 is 22.7 Å². The average Bonchev–Trinajstić information content (AvgIpc) is 3.18. The number of nitrogens with one attached hydrogen (secondary N) is 1. The van der Waals surface area contributed by atoms with Crippen LogP contribution in [0.2, 0.25) is 5.02 Å². The van der Waals surface area contributed by atoms with E-state index in [1.165, 1.54) is 24.6 Å². The maximum atomic E-state index is 13.5. The van der Waals surface area contributed by atoms with E-state index in [0.29, 0.717) is 46.2 Å². The molecule has 0 spiro atoms. The quantitative estimate of drug-likeness (QED) is 0.693. The third kappa shape index (κ3) is 4.51. The molecule has 3 rings (SSSR count). The molecule has 1 atom stereocenters. The standard InChI is InChI=1S/C22H27ClN2O5S/c1-13-9-14(2)21(15(3)10-13)31(27,28)25-8-6-7-18(25)22(26)24-17-11-16(23)19(29-4)12-20(17)30-5/h9-12,18H,6-8H2,1-5H3,(H,24,26). The maximum Gasteiger partial charge on any atom is 0.244 e. The van der Waals surface area contributed by atoms with Crippen molar-refractivity contribution in [3.63, 3.8) is 0 Å². The number of carbonyl (C=O) groups excluding carboxylic acids is 1. The Morgan fingerprint density at radius 1 is 1.06 bits per heavy atom. The fourth-order valence-electron chi connectivity index (χ4n) is 4.15. The summed E-state index contributed by atoms with van der Waals surface area (Å²) in [6.07, 6.45) is 1.03. The smallest absolute Gasteiger partial charge is 0.244 e. The van der Waals surface area contributed by atoms with Crippen molar-refractivity contribution >= 4 is 33.2 Å². The Kier molecular flexibility index (Phi) is 6.83. The summed E-state index contributed by atoms with van der Waals surface area (Å²) in [5.74, 6) is 0.349. The number of carbonyl (C=O) groups is 1. The topological polar surface area (TPSA) is 84.9 Å². The van der Waals surface area contributed by atoms with Gasteiger partial charge in [0.2, 0.25) is 15.9 Å². The molecule has 1 aliphatic heterocycles. The van der Waals surface area contributed by atoms with Gasteiger partial charge in [0.25, 0.3) is 0 Å². The molecule has 9 heteroatoms. The third-order valence-corrected chi connectivity index (χ3v) is 7.92. The molecule has 1 saturated heterocycles. The molecule has 1 aliphatic rings. The Bertz CT molecular complexity index is 1090. The number of anilines is 1. The van der Waals surface area contributed by atoms with E-state index in [-0.39, 0.29) is 11.4 Å². The van der Waals surface area contributed by atoms with Crippen molar-refractivity contribution in [1.29, 1.82) is 0 Å². The first-order valence-corrected chi connectivity index (χ1v) is 11.7. The van der Waals surface area contributed by atoms with E-state index >= 15 is 0 Å². The number of sulfonamides is 1. The Morgan fingerprint density at radius 3 is 2.26 bits per heavy atom. The Balaban J connectivity index is 1.92. The number of amides is 1. The van der Waals surface area contributed by atoms with E-state index in [1.54, 1.807) is 19.9 Å².